The number of carbonyl (C=O) groups excluding carboxylic acids is 2. The van der Waals surface area contributed by atoms with Gasteiger partial charge < -0.3 is 23.8 Å². The molecule has 1 amide bonds. The molecular weight excluding hydrogens is 594 g/mol. The van der Waals surface area contributed by atoms with Gasteiger partial charge in [-0.1, -0.05) is 42.9 Å². The van der Waals surface area contributed by atoms with Crippen LogP contribution in [0.3, 0.4) is 0 Å². The van der Waals surface area contributed by atoms with Gasteiger partial charge >= 0.3 is 5.97 Å². The molecule has 0 bridgehead atoms. The smallest absolute Gasteiger partial charge is 0.338 e. The largest absolute Gasteiger partial charge is 0.497 e. The first-order valence-corrected chi connectivity index (χ1v) is 16.2. The third kappa shape index (κ3) is 6.98. The number of aromatic nitrogens is 1. The highest BCUT2D eigenvalue weighted by Gasteiger charge is 2.34. The maximum Gasteiger partial charge on any atom is 0.338 e. The van der Waals surface area contributed by atoms with E-state index in [-0.39, 0.29) is 24.7 Å². The third-order valence-electron chi connectivity index (χ3n) is 7.68. The van der Waals surface area contributed by atoms with Gasteiger partial charge in [-0.3, -0.25) is 14.2 Å². The number of nitrogens with zero attached hydrogens (tertiary/aromatic N) is 3. The molecule has 0 unspecified atom stereocenters. The molecular formula is C34H39N3O7S. The predicted octanol–water partition coefficient (Wildman–Crippen LogP) is 3.99. The number of methoxy groups -OCH3 is 1. The molecule has 0 aliphatic carbocycles. The second-order valence-electron chi connectivity index (χ2n) is 10.7. The molecule has 3 aromatic rings. The monoisotopic (exact) mass is 633 g/mol. The average molecular weight is 634 g/mol. The summed E-state index contributed by atoms with van der Waals surface area (Å²) in [6, 6.07) is 12.0. The van der Waals surface area contributed by atoms with Crippen molar-refractivity contribution in [3.8, 4) is 17.2 Å². The van der Waals surface area contributed by atoms with Crippen LogP contribution in [0.1, 0.15) is 63.6 Å². The zero-order valence-electron chi connectivity index (χ0n) is 26.2. The molecule has 2 aliphatic rings. The molecule has 238 valence electrons. The molecule has 0 radical (unpaired) electrons. The number of rotatable bonds is 12. The van der Waals surface area contributed by atoms with E-state index >= 15 is 0 Å². The predicted molar refractivity (Wildman–Crippen MR) is 172 cm³/mol. The van der Waals surface area contributed by atoms with Gasteiger partial charge in [0, 0.05) is 13.1 Å². The van der Waals surface area contributed by atoms with Crippen molar-refractivity contribution in [3.05, 3.63) is 84.5 Å². The number of benzene rings is 2. The number of hydrogen-bond donors (Lipinski definition) is 0. The molecule has 3 heterocycles. The Hall–Kier alpha value is -4.38. The zero-order valence-corrected chi connectivity index (χ0v) is 27.0. The van der Waals surface area contributed by atoms with Crippen molar-refractivity contribution in [2.24, 2.45) is 4.99 Å². The number of esters is 1. The van der Waals surface area contributed by atoms with Gasteiger partial charge in [0.1, 0.15) is 5.75 Å². The Kier molecular flexibility index (Phi) is 10.4. The van der Waals surface area contributed by atoms with Crippen molar-refractivity contribution in [2.75, 3.05) is 40.0 Å². The standard InChI is InChI=1S/C34H39N3O7S/c1-5-11-25-30(33(40)43-7-3)31(23-12-10-13-24(20-23)41-4)37-32(39)28(45-34(37)35-25)19-22-14-15-26(27(18-22)42-6-2)44-21-29(38)36-16-8-9-17-36/h10,12-15,18-20,31H,5-9,11,16-17,21H2,1-4H3/b28-19+/t31-/m0/s1. The first kappa shape index (κ1) is 32.0. The molecule has 11 heteroatoms. The Morgan fingerprint density at radius 1 is 1.02 bits per heavy atom. The fraction of sp³-hybridized carbons (Fsp3) is 0.412. The number of hydrogen-bond acceptors (Lipinski definition) is 9. The lowest BCUT2D eigenvalue weighted by Crippen LogP contribution is -2.40. The summed E-state index contributed by atoms with van der Waals surface area (Å²) < 4.78 is 24.7. The van der Waals surface area contributed by atoms with E-state index in [4.69, 9.17) is 23.9 Å². The number of amides is 1. The number of likely N-dealkylation sites (tertiary alicyclic amines) is 1. The number of ether oxygens (including phenoxy) is 4. The van der Waals surface area contributed by atoms with Crippen LogP contribution in [-0.2, 0) is 14.3 Å². The van der Waals surface area contributed by atoms with Crippen LogP contribution in [0.25, 0.3) is 6.08 Å². The van der Waals surface area contributed by atoms with Crippen molar-refractivity contribution in [2.45, 2.75) is 52.5 Å². The molecule has 45 heavy (non-hydrogen) atoms. The first-order chi connectivity index (χ1) is 21.9. The Labute approximate surface area is 266 Å². The maximum atomic E-state index is 14.1. The summed E-state index contributed by atoms with van der Waals surface area (Å²) in [7, 11) is 1.58. The van der Waals surface area contributed by atoms with E-state index in [1.54, 1.807) is 36.8 Å². The van der Waals surface area contributed by atoms with Crippen molar-refractivity contribution >= 4 is 29.3 Å². The molecule has 1 atom stereocenters. The Morgan fingerprint density at radius 2 is 1.82 bits per heavy atom. The number of allylic oxidation sites excluding steroid dienone is 1. The Bertz CT molecular complexity index is 1770. The topological polar surface area (TPSA) is 109 Å². The highest BCUT2D eigenvalue weighted by molar-refractivity contribution is 7.07. The molecule has 0 spiro atoms. The fourth-order valence-corrected chi connectivity index (χ4v) is 6.62. The van der Waals surface area contributed by atoms with Crippen molar-refractivity contribution in [1.29, 1.82) is 0 Å². The summed E-state index contributed by atoms with van der Waals surface area (Å²) in [6.45, 7) is 7.71. The van der Waals surface area contributed by atoms with Crippen LogP contribution in [0.15, 0.2) is 63.5 Å². The summed E-state index contributed by atoms with van der Waals surface area (Å²) in [5.74, 6) is 1.02. The number of thiazole rings is 1. The normalized spacial score (nSPS) is 16.3. The van der Waals surface area contributed by atoms with E-state index < -0.39 is 12.0 Å². The van der Waals surface area contributed by atoms with Gasteiger partial charge in [-0.05, 0) is 74.6 Å². The van der Waals surface area contributed by atoms with Crippen LogP contribution >= 0.6 is 11.3 Å². The van der Waals surface area contributed by atoms with E-state index in [0.717, 1.165) is 43.5 Å². The van der Waals surface area contributed by atoms with Crippen molar-refractivity contribution in [3.63, 3.8) is 0 Å². The van der Waals surface area contributed by atoms with E-state index in [1.807, 2.05) is 49.1 Å². The van der Waals surface area contributed by atoms with Crippen LogP contribution in [0.5, 0.6) is 17.2 Å². The number of carbonyl (C=O) groups is 2. The van der Waals surface area contributed by atoms with Gasteiger partial charge in [0.2, 0.25) is 0 Å². The molecule has 0 N–H and O–H groups in total. The van der Waals surface area contributed by atoms with E-state index in [1.165, 1.54) is 11.3 Å². The molecule has 0 saturated carbocycles. The molecule has 2 aliphatic heterocycles. The molecule has 1 saturated heterocycles. The van der Waals surface area contributed by atoms with E-state index in [0.29, 0.717) is 50.9 Å². The second-order valence-corrected chi connectivity index (χ2v) is 11.7. The molecule has 2 aromatic carbocycles. The van der Waals surface area contributed by atoms with Gasteiger partial charge in [0.25, 0.3) is 11.5 Å². The Morgan fingerprint density at radius 3 is 2.53 bits per heavy atom. The molecule has 5 rings (SSSR count). The lowest BCUT2D eigenvalue weighted by molar-refractivity contribution is -0.139. The zero-order chi connectivity index (χ0) is 31.9. The third-order valence-corrected chi connectivity index (χ3v) is 8.66. The second kappa shape index (κ2) is 14.6. The minimum atomic E-state index is -0.734. The summed E-state index contributed by atoms with van der Waals surface area (Å²) in [4.78, 5) is 47.2. The summed E-state index contributed by atoms with van der Waals surface area (Å²) in [6.07, 6.45) is 5.13. The lowest BCUT2D eigenvalue weighted by atomic mass is 9.94. The van der Waals surface area contributed by atoms with Crippen molar-refractivity contribution in [1.82, 2.24) is 9.47 Å². The lowest BCUT2D eigenvalue weighted by Gasteiger charge is -2.26. The van der Waals surface area contributed by atoms with Gasteiger partial charge in [-0.25, -0.2) is 9.79 Å². The van der Waals surface area contributed by atoms with Crippen LogP contribution in [0.4, 0.5) is 0 Å². The van der Waals surface area contributed by atoms with Crippen LogP contribution in [0, 0.1) is 0 Å². The molecule has 1 fully saturated rings. The quantitative estimate of drug-likeness (QED) is 0.278. The van der Waals surface area contributed by atoms with Gasteiger partial charge in [-0.15, -0.1) is 0 Å². The van der Waals surface area contributed by atoms with E-state index in [2.05, 4.69) is 0 Å². The fourth-order valence-electron chi connectivity index (χ4n) is 5.60. The minimum Gasteiger partial charge on any atom is -0.497 e. The number of fused-ring (bicyclic) bond motifs is 1. The maximum absolute atomic E-state index is 14.1. The van der Waals surface area contributed by atoms with Gasteiger partial charge in [-0.2, -0.15) is 0 Å². The van der Waals surface area contributed by atoms with Crippen molar-refractivity contribution < 1.29 is 28.5 Å². The van der Waals surface area contributed by atoms with Gasteiger partial charge in [0.05, 0.1) is 42.2 Å². The summed E-state index contributed by atoms with van der Waals surface area (Å²) >= 11 is 1.26. The summed E-state index contributed by atoms with van der Waals surface area (Å²) in [5.41, 5.74) is 2.13. The average Bonchev–Trinajstić information content (AvgIpc) is 3.69. The van der Waals surface area contributed by atoms with Crippen LogP contribution < -0.4 is 29.1 Å². The summed E-state index contributed by atoms with van der Waals surface area (Å²) in [5, 5.41) is 0. The first-order valence-electron chi connectivity index (χ1n) is 15.4. The van der Waals surface area contributed by atoms with Gasteiger partial charge in [0.15, 0.2) is 22.9 Å². The Balaban J connectivity index is 1.57. The highest BCUT2D eigenvalue weighted by atomic mass is 32.1. The molecule has 1 aromatic heterocycles. The van der Waals surface area contributed by atoms with E-state index in [9.17, 15) is 14.4 Å². The van der Waals surface area contributed by atoms with Crippen LogP contribution in [0.2, 0.25) is 0 Å². The minimum absolute atomic E-state index is 0.0460. The molecule has 10 nitrogen and oxygen atoms in total. The highest BCUT2D eigenvalue weighted by Crippen LogP contribution is 2.34. The SMILES string of the molecule is CCCC1=C(C(=O)OCC)[C@H](c2cccc(OC)c2)n2c(s/c(=C/c3ccc(OCC(=O)N4CCCC4)c(OCC)c3)c2=O)=N1. The van der Waals surface area contributed by atoms with Crippen LogP contribution in [-0.4, -0.2) is 61.4 Å².